The molecular weight excluding hydrogens is 248 g/mol. The highest BCUT2D eigenvalue weighted by atomic mass is 32.1. The Labute approximate surface area is 110 Å². The van der Waals surface area contributed by atoms with Crippen LogP contribution >= 0.6 is 11.3 Å². The Morgan fingerprint density at radius 2 is 2.28 bits per heavy atom. The molecule has 1 amide bonds. The topological polar surface area (TPSA) is 70.7 Å². The van der Waals surface area contributed by atoms with E-state index >= 15 is 0 Å². The number of carbonyl (C=O) groups is 1. The van der Waals surface area contributed by atoms with E-state index in [0.717, 1.165) is 22.0 Å². The normalized spacial score (nSPS) is 12.4. The molecule has 2 aromatic heterocycles. The molecule has 2 rings (SSSR count). The summed E-state index contributed by atoms with van der Waals surface area (Å²) < 4.78 is 0. The van der Waals surface area contributed by atoms with Crippen molar-refractivity contribution in [1.82, 2.24) is 20.3 Å². The minimum atomic E-state index is -0.0667. The van der Waals surface area contributed by atoms with E-state index in [0.29, 0.717) is 6.42 Å². The van der Waals surface area contributed by atoms with Gasteiger partial charge in [0.1, 0.15) is 0 Å². The van der Waals surface area contributed by atoms with Crippen LogP contribution in [-0.2, 0) is 11.2 Å². The van der Waals surface area contributed by atoms with Crippen molar-refractivity contribution in [2.75, 3.05) is 0 Å². The third-order valence-corrected chi connectivity index (χ3v) is 3.61. The lowest BCUT2D eigenvalue weighted by atomic mass is 10.2. The van der Waals surface area contributed by atoms with Crippen LogP contribution in [0.15, 0.2) is 11.8 Å². The fourth-order valence-electron chi connectivity index (χ4n) is 1.81. The zero-order valence-corrected chi connectivity index (χ0v) is 11.5. The largest absolute Gasteiger partial charge is 0.348 e. The van der Waals surface area contributed by atoms with Gasteiger partial charge in [-0.15, -0.1) is 11.3 Å². The van der Waals surface area contributed by atoms with Crippen molar-refractivity contribution < 1.29 is 4.79 Å². The van der Waals surface area contributed by atoms with Crippen LogP contribution in [0.5, 0.6) is 0 Å². The molecule has 0 radical (unpaired) electrons. The van der Waals surface area contributed by atoms with Crippen LogP contribution in [-0.4, -0.2) is 20.9 Å². The maximum absolute atomic E-state index is 11.9. The highest BCUT2D eigenvalue weighted by molar-refractivity contribution is 7.09. The zero-order chi connectivity index (χ0) is 13.1. The Hall–Kier alpha value is -1.69. The van der Waals surface area contributed by atoms with Gasteiger partial charge in [0.15, 0.2) is 0 Å². The fourth-order valence-corrected chi connectivity index (χ4v) is 2.48. The van der Waals surface area contributed by atoms with Gasteiger partial charge in [0.25, 0.3) is 0 Å². The molecule has 0 aliphatic heterocycles. The van der Waals surface area contributed by atoms with Crippen LogP contribution in [0.1, 0.15) is 34.9 Å². The molecule has 1 atom stereocenters. The molecule has 0 bridgehead atoms. The molecule has 0 aromatic carbocycles. The lowest BCUT2D eigenvalue weighted by Gasteiger charge is -2.12. The fraction of sp³-hybridized carbons (Fsp3) is 0.417. The molecular formula is C12H16N4OS. The highest BCUT2D eigenvalue weighted by Crippen LogP contribution is 2.18. The van der Waals surface area contributed by atoms with Gasteiger partial charge in [-0.1, -0.05) is 0 Å². The number of hydrogen-bond acceptors (Lipinski definition) is 4. The maximum Gasteiger partial charge on any atom is 0.226 e. The van der Waals surface area contributed by atoms with Crippen LogP contribution in [0.2, 0.25) is 0 Å². The van der Waals surface area contributed by atoms with Gasteiger partial charge in [0.05, 0.1) is 35.7 Å². The third-order valence-electron chi connectivity index (χ3n) is 2.83. The van der Waals surface area contributed by atoms with Gasteiger partial charge >= 0.3 is 0 Å². The number of hydrogen-bond donors (Lipinski definition) is 2. The predicted octanol–water partition coefficient (Wildman–Crippen LogP) is 1.90. The van der Waals surface area contributed by atoms with E-state index < -0.39 is 0 Å². The lowest BCUT2D eigenvalue weighted by Crippen LogP contribution is -2.29. The Balaban J connectivity index is 1.96. The average Bonchev–Trinajstić information content (AvgIpc) is 2.88. The SMILES string of the molecule is Cc1[nH]cnc1CC(=O)NC(C)c1ncsc1C. The molecule has 0 aliphatic rings. The van der Waals surface area contributed by atoms with E-state index in [-0.39, 0.29) is 11.9 Å². The van der Waals surface area contributed by atoms with Crippen molar-refractivity contribution in [3.8, 4) is 0 Å². The third kappa shape index (κ3) is 2.76. The number of rotatable bonds is 4. The smallest absolute Gasteiger partial charge is 0.226 e. The number of H-pyrrole nitrogens is 1. The molecule has 0 fully saturated rings. The Bertz CT molecular complexity index is 546. The first-order chi connectivity index (χ1) is 8.58. The summed E-state index contributed by atoms with van der Waals surface area (Å²) in [5, 5.41) is 2.94. The molecule has 18 heavy (non-hydrogen) atoms. The summed E-state index contributed by atoms with van der Waals surface area (Å²) in [6.07, 6.45) is 1.90. The van der Waals surface area contributed by atoms with Crippen LogP contribution in [0, 0.1) is 13.8 Å². The number of nitrogens with one attached hydrogen (secondary N) is 2. The van der Waals surface area contributed by atoms with Crippen molar-refractivity contribution in [2.45, 2.75) is 33.2 Å². The van der Waals surface area contributed by atoms with Crippen molar-refractivity contribution in [3.63, 3.8) is 0 Å². The standard InChI is InChI=1S/C12H16N4OS/c1-7-10(14-5-13-7)4-11(17)16-8(2)12-9(3)18-6-15-12/h5-6,8H,4H2,1-3H3,(H,13,14)(H,16,17). The van der Waals surface area contributed by atoms with Crippen molar-refractivity contribution >= 4 is 17.2 Å². The molecule has 6 heteroatoms. The second-order valence-corrected chi connectivity index (χ2v) is 5.29. The average molecular weight is 264 g/mol. The molecule has 96 valence electrons. The van der Waals surface area contributed by atoms with Gasteiger partial charge in [-0.2, -0.15) is 0 Å². The molecule has 1 unspecified atom stereocenters. The summed E-state index contributed by atoms with van der Waals surface area (Å²) in [6, 6.07) is -0.0667. The van der Waals surface area contributed by atoms with Crippen molar-refractivity contribution in [2.24, 2.45) is 0 Å². The minimum absolute atomic E-state index is 0.0369. The van der Waals surface area contributed by atoms with Crippen LogP contribution in [0.25, 0.3) is 0 Å². The Morgan fingerprint density at radius 1 is 1.50 bits per heavy atom. The number of aryl methyl sites for hydroxylation is 2. The summed E-state index contributed by atoms with van der Waals surface area (Å²) in [4.78, 5) is 24.4. The molecule has 0 aliphatic carbocycles. The van der Waals surface area contributed by atoms with Gasteiger partial charge < -0.3 is 10.3 Å². The molecule has 2 N–H and O–H groups in total. The molecule has 0 saturated heterocycles. The van der Waals surface area contributed by atoms with E-state index in [2.05, 4.69) is 20.3 Å². The molecule has 2 heterocycles. The predicted molar refractivity (Wildman–Crippen MR) is 70.4 cm³/mol. The lowest BCUT2D eigenvalue weighted by molar-refractivity contribution is -0.121. The molecule has 0 saturated carbocycles. The van der Waals surface area contributed by atoms with Gasteiger partial charge in [-0.25, -0.2) is 9.97 Å². The van der Waals surface area contributed by atoms with E-state index in [9.17, 15) is 4.79 Å². The number of aromatic nitrogens is 3. The van der Waals surface area contributed by atoms with E-state index in [1.807, 2.05) is 20.8 Å². The van der Waals surface area contributed by atoms with Gasteiger partial charge in [-0.05, 0) is 20.8 Å². The Kier molecular flexibility index (Phi) is 3.76. The number of imidazole rings is 1. The van der Waals surface area contributed by atoms with E-state index in [1.54, 1.807) is 23.2 Å². The molecule has 5 nitrogen and oxygen atoms in total. The second kappa shape index (κ2) is 5.30. The van der Waals surface area contributed by atoms with E-state index in [1.165, 1.54) is 0 Å². The first-order valence-electron chi connectivity index (χ1n) is 5.76. The summed E-state index contributed by atoms with van der Waals surface area (Å²) in [6.45, 7) is 5.86. The van der Waals surface area contributed by atoms with Crippen LogP contribution in [0.4, 0.5) is 0 Å². The summed E-state index contributed by atoms with van der Waals surface area (Å²) in [5.41, 5.74) is 4.45. The van der Waals surface area contributed by atoms with Gasteiger partial charge in [-0.3, -0.25) is 4.79 Å². The van der Waals surface area contributed by atoms with Crippen LogP contribution in [0.3, 0.4) is 0 Å². The quantitative estimate of drug-likeness (QED) is 0.886. The number of nitrogens with zero attached hydrogens (tertiary/aromatic N) is 2. The van der Waals surface area contributed by atoms with Crippen LogP contribution < -0.4 is 5.32 Å². The Morgan fingerprint density at radius 3 is 2.83 bits per heavy atom. The first-order valence-corrected chi connectivity index (χ1v) is 6.64. The van der Waals surface area contributed by atoms with E-state index in [4.69, 9.17) is 0 Å². The van der Waals surface area contributed by atoms with Gasteiger partial charge in [0.2, 0.25) is 5.91 Å². The zero-order valence-electron chi connectivity index (χ0n) is 10.7. The minimum Gasteiger partial charge on any atom is -0.348 e. The molecule has 2 aromatic rings. The maximum atomic E-state index is 11.9. The summed E-state index contributed by atoms with van der Waals surface area (Å²) >= 11 is 1.59. The summed E-state index contributed by atoms with van der Waals surface area (Å²) in [7, 11) is 0. The van der Waals surface area contributed by atoms with Gasteiger partial charge in [0, 0.05) is 10.6 Å². The number of carbonyl (C=O) groups excluding carboxylic acids is 1. The summed E-state index contributed by atoms with van der Waals surface area (Å²) in [5.74, 6) is -0.0369. The molecule has 0 spiro atoms. The first kappa shape index (κ1) is 12.8. The van der Waals surface area contributed by atoms with Crippen molar-refractivity contribution in [1.29, 1.82) is 0 Å². The number of thiazole rings is 1. The van der Waals surface area contributed by atoms with Crippen molar-refractivity contribution in [3.05, 3.63) is 33.8 Å². The monoisotopic (exact) mass is 264 g/mol. The highest BCUT2D eigenvalue weighted by Gasteiger charge is 2.15. The number of aromatic amines is 1. The number of amides is 1. The second-order valence-electron chi connectivity index (χ2n) is 4.23.